The van der Waals surface area contributed by atoms with E-state index in [9.17, 15) is 0 Å². The molecule has 0 saturated heterocycles. The normalized spacial score (nSPS) is 19.9. The predicted molar refractivity (Wildman–Crippen MR) is 51.5 cm³/mol. The quantitative estimate of drug-likeness (QED) is 0.667. The van der Waals surface area contributed by atoms with Crippen LogP contribution in [0.5, 0.6) is 0 Å². The molecule has 1 heteroatoms. The van der Waals surface area contributed by atoms with Crippen LogP contribution in [0, 0.1) is 17.3 Å². The molecule has 0 aliphatic heterocycles. The van der Waals surface area contributed by atoms with Gasteiger partial charge in [0.1, 0.15) is 0 Å². The second-order valence-corrected chi connectivity index (χ2v) is 4.17. The number of rotatable bonds is 4. The second-order valence-electron chi connectivity index (χ2n) is 4.17. The highest BCUT2D eigenvalue weighted by atomic mass is 14.6. The second kappa shape index (κ2) is 4.10. The van der Waals surface area contributed by atoms with Crippen LogP contribution in [-0.2, 0) is 0 Å². The molecule has 0 rings (SSSR count). The van der Waals surface area contributed by atoms with Gasteiger partial charge in [0, 0.05) is 0 Å². The summed E-state index contributed by atoms with van der Waals surface area (Å²) in [6, 6.07) is 0. The fraction of sp³-hybridized carbons (Fsp3) is 1.00. The SMILES string of the molecule is CCC(C)C(C)(CN)C(C)C. The summed E-state index contributed by atoms with van der Waals surface area (Å²) in [5.41, 5.74) is 6.11. The van der Waals surface area contributed by atoms with Crippen molar-refractivity contribution in [3.05, 3.63) is 0 Å². The molecular weight excluding hydrogens is 134 g/mol. The Bertz CT molecular complexity index is 109. The van der Waals surface area contributed by atoms with Crippen LogP contribution in [0.4, 0.5) is 0 Å². The van der Waals surface area contributed by atoms with Gasteiger partial charge in [-0.3, -0.25) is 0 Å². The first-order valence-electron chi connectivity index (χ1n) is 4.69. The monoisotopic (exact) mass is 157 g/mol. The molecule has 0 radical (unpaired) electrons. The molecule has 0 heterocycles. The largest absolute Gasteiger partial charge is 0.330 e. The van der Waals surface area contributed by atoms with Crippen molar-refractivity contribution in [2.75, 3.05) is 6.54 Å². The van der Waals surface area contributed by atoms with E-state index in [1.165, 1.54) is 6.42 Å². The van der Waals surface area contributed by atoms with Crippen LogP contribution in [0.25, 0.3) is 0 Å². The first kappa shape index (κ1) is 11.0. The molecule has 2 atom stereocenters. The summed E-state index contributed by atoms with van der Waals surface area (Å²) in [5, 5.41) is 0. The smallest absolute Gasteiger partial charge is 0.00182 e. The van der Waals surface area contributed by atoms with Gasteiger partial charge in [-0.25, -0.2) is 0 Å². The predicted octanol–water partition coefficient (Wildman–Crippen LogP) is 2.65. The Kier molecular flexibility index (Phi) is 4.09. The summed E-state index contributed by atoms with van der Waals surface area (Å²) < 4.78 is 0. The Morgan fingerprint density at radius 1 is 1.27 bits per heavy atom. The van der Waals surface area contributed by atoms with Crippen LogP contribution in [0.3, 0.4) is 0 Å². The van der Waals surface area contributed by atoms with E-state index in [0.29, 0.717) is 11.3 Å². The Labute approximate surface area is 71.4 Å². The molecular formula is C10H23N. The minimum Gasteiger partial charge on any atom is -0.330 e. The van der Waals surface area contributed by atoms with E-state index in [0.717, 1.165) is 12.5 Å². The van der Waals surface area contributed by atoms with E-state index in [-0.39, 0.29) is 0 Å². The molecule has 2 unspecified atom stereocenters. The molecule has 0 aromatic rings. The lowest BCUT2D eigenvalue weighted by Crippen LogP contribution is -2.38. The van der Waals surface area contributed by atoms with E-state index in [1.807, 2.05) is 0 Å². The van der Waals surface area contributed by atoms with E-state index in [2.05, 4.69) is 34.6 Å². The first-order valence-corrected chi connectivity index (χ1v) is 4.69. The van der Waals surface area contributed by atoms with Crippen LogP contribution in [-0.4, -0.2) is 6.54 Å². The molecule has 0 amide bonds. The van der Waals surface area contributed by atoms with Crippen molar-refractivity contribution in [3.8, 4) is 0 Å². The summed E-state index contributed by atoms with van der Waals surface area (Å²) in [7, 11) is 0. The molecule has 0 aliphatic carbocycles. The van der Waals surface area contributed by atoms with Crippen molar-refractivity contribution in [2.45, 2.75) is 41.0 Å². The van der Waals surface area contributed by atoms with Gasteiger partial charge in [0.15, 0.2) is 0 Å². The summed E-state index contributed by atoms with van der Waals surface area (Å²) >= 11 is 0. The molecule has 11 heavy (non-hydrogen) atoms. The van der Waals surface area contributed by atoms with E-state index >= 15 is 0 Å². The summed E-state index contributed by atoms with van der Waals surface area (Å²) in [6.45, 7) is 12.2. The Hall–Kier alpha value is -0.0400. The average molecular weight is 157 g/mol. The molecule has 0 aliphatic rings. The maximum atomic E-state index is 5.78. The highest BCUT2D eigenvalue weighted by molar-refractivity contribution is 4.82. The highest BCUT2D eigenvalue weighted by Gasteiger charge is 2.31. The van der Waals surface area contributed by atoms with Gasteiger partial charge in [-0.1, -0.05) is 41.0 Å². The molecule has 0 bridgehead atoms. The average Bonchev–Trinajstić information content (AvgIpc) is 2.01. The van der Waals surface area contributed by atoms with E-state index in [1.54, 1.807) is 0 Å². The van der Waals surface area contributed by atoms with E-state index in [4.69, 9.17) is 5.73 Å². The van der Waals surface area contributed by atoms with Crippen molar-refractivity contribution in [1.29, 1.82) is 0 Å². The number of hydrogen-bond donors (Lipinski definition) is 1. The third-order valence-electron chi connectivity index (χ3n) is 3.50. The van der Waals surface area contributed by atoms with Crippen molar-refractivity contribution >= 4 is 0 Å². The van der Waals surface area contributed by atoms with Crippen molar-refractivity contribution in [1.82, 2.24) is 0 Å². The Balaban J connectivity index is 4.32. The van der Waals surface area contributed by atoms with Crippen LogP contribution in [0.15, 0.2) is 0 Å². The van der Waals surface area contributed by atoms with Crippen molar-refractivity contribution < 1.29 is 0 Å². The zero-order chi connectivity index (χ0) is 9.07. The maximum Gasteiger partial charge on any atom is -0.00182 e. The third kappa shape index (κ3) is 2.19. The zero-order valence-corrected chi connectivity index (χ0v) is 8.65. The highest BCUT2D eigenvalue weighted by Crippen LogP contribution is 2.35. The third-order valence-corrected chi connectivity index (χ3v) is 3.50. The topological polar surface area (TPSA) is 26.0 Å². The van der Waals surface area contributed by atoms with Gasteiger partial charge in [0.25, 0.3) is 0 Å². The Morgan fingerprint density at radius 2 is 1.73 bits per heavy atom. The molecule has 0 spiro atoms. The summed E-state index contributed by atoms with van der Waals surface area (Å²) in [5.74, 6) is 1.41. The fourth-order valence-corrected chi connectivity index (χ4v) is 1.47. The van der Waals surface area contributed by atoms with Gasteiger partial charge in [-0.05, 0) is 23.8 Å². The molecule has 68 valence electrons. The van der Waals surface area contributed by atoms with Crippen LogP contribution >= 0.6 is 0 Å². The maximum absolute atomic E-state index is 5.78. The number of nitrogens with two attached hydrogens (primary N) is 1. The van der Waals surface area contributed by atoms with Crippen LogP contribution < -0.4 is 5.73 Å². The molecule has 0 aromatic carbocycles. The molecule has 0 saturated carbocycles. The lowest BCUT2D eigenvalue weighted by atomic mass is 9.69. The van der Waals surface area contributed by atoms with Gasteiger partial charge < -0.3 is 5.73 Å². The molecule has 2 N–H and O–H groups in total. The first-order chi connectivity index (χ1) is 4.99. The summed E-state index contributed by atoms with van der Waals surface area (Å²) in [6.07, 6.45) is 1.23. The zero-order valence-electron chi connectivity index (χ0n) is 8.65. The van der Waals surface area contributed by atoms with Gasteiger partial charge in [-0.2, -0.15) is 0 Å². The fourth-order valence-electron chi connectivity index (χ4n) is 1.47. The van der Waals surface area contributed by atoms with Crippen molar-refractivity contribution in [2.24, 2.45) is 23.0 Å². The lowest BCUT2D eigenvalue weighted by Gasteiger charge is -2.38. The van der Waals surface area contributed by atoms with Crippen LogP contribution in [0.2, 0.25) is 0 Å². The minimum atomic E-state index is 0.328. The standard InChI is InChI=1S/C10H23N/c1-6-9(4)10(5,7-11)8(2)3/h8-9H,6-7,11H2,1-5H3. The van der Waals surface area contributed by atoms with Gasteiger partial charge in [-0.15, -0.1) is 0 Å². The van der Waals surface area contributed by atoms with Gasteiger partial charge in [0.2, 0.25) is 0 Å². The lowest BCUT2D eigenvalue weighted by molar-refractivity contribution is 0.132. The molecule has 1 nitrogen and oxygen atoms in total. The number of hydrogen-bond acceptors (Lipinski definition) is 1. The minimum absolute atomic E-state index is 0.328. The van der Waals surface area contributed by atoms with Gasteiger partial charge in [0.05, 0.1) is 0 Å². The van der Waals surface area contributed by atoms with E-state index < -0.39 is 0 Å². The van der Waals surface area contributed by atoms with Gasteiger partial charge >= 0.3 is 0 Å². The Morgan fingerprint density at radius 3 is 1.82 bits per heavy atom. The van der Waals surface area contributed by atoms with Crippen molar-refractivity contribution in [3.63, 3.8) is 0 Å². The molecule has 0 aromatic heterocycles. The molecule has 0 fully saturated rings. The summed E-state index contributed by atoms with van der Waals surface area (Å²) in [4.78, 5) is 0. The van der Waals surface area contributed by atoms with Crippen LogP contribution in [0.1, 0.15) is 41.0 Å².